The van der Waals surface area contributed by atoms with Gasteiger partial charge in [0.2, 0.25) is 15.9 Å². The number of morpholine rings is 1. The predicted molar refractivity (Wildman–Crippen MR) is 100 cm³/mol. The third kappa shape index (κ3) is 4.27. The SMILES string of the molecule is CCCS(=O)(=O)N1CCCC[C@@H]1C(=O)N1CCO[C@H](c2ccccc2)C1. The number of ether oxygens (including phenoxy) is 1. The number of hydrogen-bond acceptors (Lipinski definition) is 4. The second-order valence-corrected chi connectivity index (χ2v) is 9.03. The van der Waals surface area contributed by atoms with Gasteiger partial charge >= 0.3 is 0 Å². The highest BCUT2D eigenvalue weighted by Crippen LogP contribution is 2.27. The van der Waals surface area contributed by atoms with Gasteiger partial charge in [0.05, 0.1) is 18.9 Å². The zero-order valence-corrected chi connectivity index (χ0v) is 16.2. The summed E-state index contributed by atoms with van der Waals surface area (Å²) in [6.45, 7) is 3.76. The molecule has 2 aliphatic rings. The molecule has 2 aliphatic heterocycles. The van der Waals surface area contributed by atoms with E-state index in [1.54, 1.807) is 4.90 Å². The molecule has 0 radical (unpaired) electrons. The number of nitrogens with zero attached hydrogens (tertiary/aromatic N) is 2. The first-order valence-electron chi connectivity index (χ1n) is 9.48. The van der Waals surface area contributed by atoms with E-state index in [-0.39, 0.29) is 17.8 Å². The highest BCUT2D eigenvalue weighted by Gasteiger charge is 2.39. The summed E-state index contributed by atoms with van der Waals surface area (Å²) < 4.78 is 32.5. The molecule has 0 saturated carbocycles. The molecule has 26 heavy (non-hydrogen) atoms. The van der Waals surface area contributed by atoms with Crippen LogP contribution in [0.25, 0.3) is 0 Å². The maximum absolute atomic E-state index is 13.2. The summed E-state index contributed by atoms with van der Waals surface area (Å²) in [4.78, 5) is 14.9. The molecule has 1 amide bonds. The lowest BCUT2D eigenvalue weighted by atomic mass is 10.0. The Labute approximate surface area is 156 Å². The van der Waals surface area contributed by atoms with E-state index in [9.17, 15) is 13.2 Å². The van der Waals surface area contributed by atoms with Gasteiger partial charge in [0, 0.05) is 13.1 Å². The molecule has 2 atom stereocenters. The minimum Gasteiger partial charge on any atom is -0.370 e. The van der Waals surface area contributed by atoms with Crippen LogP contribution in [0.4, 0.5) is 0 Å². The molecule has 1 aromatic carbocycles. The Hall–Kier alpha value is -1.44. The molecule has 7 heteroatoms. The molecule has 0 spiro atoms. The number of rotatable bonds is 5. The van der Waals surface area contributed by atoms with Crippen molar-refractivity contribution in [2.24, 2.45) is 0 Å². The number of benzene rings is 1. The smallest absolute Gasteiger partial charge is 0.241 e. The minimum absolute atomic E-state index is 0.0754. The summed E-state index contributed by atoms with van der Waals surface area (Å²) in [7, 11) is -3.38. The van der Waals surface area contributed by atoms with Crippen LogP contribution in [0.5, 0.6) is 0 Å². The predicted octanol–water partition coefficient (Wildman–Crippen LogP) is 2.18. The normalized spacial score (nSPS) is 25.2. The van der Waals surface area contributed by atoms with Gasteiger partial charge in [-0.3, -0.25) is 4.79 Å². The van der Waals surface area contributed by atoms with Crippen LogP contribution in [0.2, 0.25) is 0 Å². The van der Waals surface area contributed by atoms with E-state index in [2.05, 4.69) is 0 Å². The Kier molecular flexibility index (Phi) is 6.32. The van der Waals surface area contributed by atoms with Crippen LogP contribution >= 0.6 is 0 Å². The third-order valence-corrected chi connectivity index (χ3v) is 7.18. The molecular weight excluding hydrogens is 352 g/mol. The van der Waals surface area contributed by atoms with Crippen molar-refractivity contribution in [3.05, 3.63) is 35.9 Å². The Bertz CT molecular complexity index is 708. The maximum atomic E-state index is 13.2. The van der Waals surface area contributed by atoms with E-state index in [1.165, 1.54) is 4.31 Å². The Morgan fingerprint density at radius 1 is 1.19 bits per heavy atom. The minimum atomic E-state index is -3.38. The van der Waals surface area contributed by atoms with Crippen molar-refractivity contribution in [1.82, 2.24) is 9.21 Å². The number of hydrogen-bond donors (Lipinski definition) is 0. The number of amides is 1. The summed E-state index contributed by atoms with van der Waals surface area (Å²) in [5, 5.41) is 0. The Balaban J connectivity index is 1.74. The first kappa shape index (κ1) is 19.3. The monoisotopic (exact) mass is 380 g/mol. The zero-order valence-electron chi connectivity index (χ0n) is 15.3. The van der Waals surface area contributed by atoms with Gasteiger partial charge in [-0.05, 0) is 24.8 Å². The summed E-state index contributed by atoms with van der Waals surface area (Å²) in [5.41, 5.74) is 1.05. The summed E-state index contributed by atoms with van der Waals surface area (Å²) >= 11 is 0. The summed E-state index contributed by atoms with van der Waals surface area (Å²) in [6, 6.07) is 9.30. The number of sulfonamides is 1. The maximum Gasteiger partial charge on any atom is 0.241 e. The first-order valence-corrected chi connectivity index (χ1v) is 11.1. The van der Waals surface area contributed by atoms with E-state index in [0.29, 0.717) is 39.1 Å². The standard InChI is InChI=1S/C19H28N2O4S/c1-2-14-26(23,24)21-11-7-6-10-17(21)19(22)20-12-13-25-18(15-20)16-8-4-3-5-9-16/h3-5,8-9,17-18H,2,6-7,10-15H2,1H3/t17-,18+/m1/s1. The van der Waals surface area contributed by atoms with Crippen molar-refractivity contribution < 1.29 is 17.9 Å². The van der Waals surface area contributed by atoms with Crippen molar-refractivity contribution in [3.8, 4) is 0 Å². The molecule has 0 unspecified atom stereocenters. The lowest BCUT2D eigenvalue weighted by Crippen LogP contribution is -2.55. The van der Waals surface area contributed by atoms with Crippen LogP contribution in [0.1, 0.15) is 44.3 Å². The fourth-order valence-corrected chi connectivity index (χ4v) is 5.53. The van der Waals surface area contributed by atoms with Gasteiger partial charge in [-0.2, -0.15) is 4.31 Å². The molecule has 0 bridgehead atoms. The molecule has 144 valence electrons. The third-order valence-electron chi connectivity index (χ3n) is 5.11. The molecule has 3 rings (SSSR count). The second kappa shape index (κ2) is 8.50. The molecule has 2 saturated heterocycles. The van der Waals surface area contributed by atoms with Crippen molar-refractivity contribution >= 4 is 15.9 Å². The van der Waals surface area contributed by atoms with Crippen molar-refractivity contribution in [2.75, 3.05) is 32.0 Å². The number of carbonyl (C=O) groups excluding carboxylic acids is 1. The molecule has 0 N–H and O–H groups in total. The molecule has 0 aliphatic carbocycles. The van der Waals surface area contributed by atoms with Crippen LogP contribution in [0.15, 0.2) is 30.3 Å². The molecular formula is C19H28N2O4S. The average molecular weight is 381 g/mol. The van der Waals surface area contributed by atoms with Crippen LogP contribution in [-0.2, 0) is 19.6 Å². The Morgan fingerprint density at radius 3 is 2.69 bits per heavy atom. The fraction of sp³-hybridized carbons (Fsp3) is 0.632. The summed E-state index contributed by atoms with van der Waals surface area (Å²) in [5.74, 6) is 0.0283. The van der Waals surface area contributed by atoms with Crippen molar-refractivity contribution in [1.29, 1.82) is 0 Å². The topological polar surface area (TPSA) is 66.9 Å². The van der Waals surface area contributed by atoms with Gasteiger partial charge < -0.3 is 9.64 Å². The highest BCUT2D eigenvalue weighted by molar-refractivity contribution is 7.89. The summed E-state index contributed by atoms with van der Waals surface area (Å²) in [6.07, 6.45) is 2.73. The van der Waals surface area contributed by atoms with Crippen molar-refractivity contribution in [2.45, 2.75) is 44.8 Å². The molecule has 6 nitrogen and oxygen atoms in total. The fourth-order valence-electron chi connectivity index (χ4n) is 3.79. The van der Waals surface area contributed by atoms with E-state index in [0.717, 1.165) is 18.4 Å². The molecule has 2 fully saturated rings. The second-order valence-electron chi connectivity index (χ2n) is 6.99. The Morgan fingerprint density at radius 2 is 1.96 bits per heavy atom. The lowest BCUT2D eigenvalue weighted by Gasteiger charge is -2.39. The van der Waals surface area contributed by atoms with E-state index < -0.39 is 16.1 Å². The molecule has 1 aromatic rings. The van der Waals surface area contributed by atoms with Gasteiger partial charge in [0.15, 0.2) is 0 Å². The zero-order chi connectivity index (χ0) is 18.6. The van der Waals surface area contributed by atoms with Crippen LogP contribution < -0.4 is 0 Å². The van der Waals surface area contributed by atoms with Gasteiger partial charge in [-0.25, -0.2) is 8.42 Å². The van der Waals surface area contributed by atoms with Crippen molar-refractivity contribution in [3.63, 3.8) is 0 Å². The van der Waals surface area contributed by atoms with E-state index in [1.807, 2.05) is 37.3 Å². The van der Waals surface area contributed by atoms with E-state index >= 15 is 0 Å². The van der Waals surface area contributed by atoms with Gasteiger partial charge in [0.25, 0.3) is 0 Å². The van der Waals surface area contributed by atoms with Gasteiger partial charge in [-0.15, -0.1) is 0 Å². The van der Waals surface area contributed by atoms with E-state index in [4.69, 9.17) is 4.74 Å². The number of carbonyl (C=O) groups is 1. The molecule has 0 aromatic heterocycles. The number of piperidine rings is 1. The lowest BCUT2D eigenvalue weighted by molar-refractivity contribution is -0.144. The quantitative estimate of drug-likeness (QED) is 0.785. The van der Waals surface area contributed by atoms with Gasteiger partial charge in [-0.1, -0.05) is 43.7 Å². The van der Waals surface area contributed by atoms with Gasteiger partial charge in [0.1, 0.15) is 12.1 Å². The van der Waals surface area contributed by atoms with Crippen LogP contribution in [0.3, 0.4) is 0 Å². The largest absolute Gasteiger partial charge is 0.370 e. The average Bonchev–Trinajstić information content (AvgIpc) is 2.68. The van der Waals surface area contributed by atoms with Crippen LogP contribution in [-0.4, -0.2) is 61.6 Å². The van der Waals surface area contributed by atoms with Crippen LogP contribution in [0, 0.1) is 0 Å². The highest BCUT2D eigenvalue weighted by atomic mass is 32.2. The first-order chi connectivity index (χ1) is 12.5. The molecule has 2 heterocycles.